The maximum absolute atomic E-state index is 12.3. The standard InChI is InChI=1S/C15H16BrNO2S/c1-12(14-5-3-2-4-6-14)17-20(18,19)15-9-7-13(11-16)8-10-15/h2-10,12,17H,11H2,1H3. The van der Waals surface area contributed by atoms with Crippen molar-refractivity contribution in [2.45, 2.75) is 23.2 Å². The molecule has 0 saturated heterocycles. The van der Waals surface area contributed by atoms with E-state index in [1.54, 1.807) is 24.3 Å². The van der Waals surface area contributed by atoms with E-state index in [1.165, 1.54) is 0 Å². The van der Waals surface area contributed by atoms with Gasteiger partial charge in [-0.3, -0.25) is 0 Å². The molecule has 20 heavy (non-hydrogen) atoms. The van der Waals surface area contributed by atoms with E-state index >= 15 is 0 Å². The molecule has 0 amide bonds. The monoisotopic (exact) mass is 353 g/mol. The molecule has 5 heteroatoms. The highest BCUT2D eigenvalue weighted by atomic mass is 79.9. The van der Waals surface area contributed by atoms with Crippen molar-refractivity contribution in [3.8, 4) is 0 Å². The highest BCUT2D eigenvalue weighted by molar-refractivity contribution is 9.08. The lowest BCUT2D eigenvalue weighted by Gasteiger charge is -2.14. The maximum Gasteiger partial charge on any atom is 0.241 e. The zero-order chi connectivity index (χ0) is 14.6. The van der Waals surface area contributed by atoms with Crippen molar-refractivity contribution < 1.29 is 8.42 Å². The predicted molar refractivity (Wildman–Crippen MR) is 84.3 cm³/mol. The number of alkyl halides is 1. The van der Waals surface area contributed by atoms with Crippen molar-refractivity contribution in [1.29, 1.82) is 0 Å². The Kier molecular flexibility index (Phi) is 4.96. The van der Waals surface area contributed by atoms with E-state index in [0.29, 0.717) is 5.33 Å². The van der Waals surface area contributed by atoms with Gasteiger partial charge >= 0.3 is 0 Å². The summed E-state index contributed by atoms with van der Waals surface area (Å²) in [6.45, 7) is 1.83. The van der Waals surface area contributed by atoms with Crippen LogP contribution in [0.3, 0.4) is 0 Å². The van der Waals surface area contributed by atoms with E-state index in [0.717, 1.165) is 11.1 Å². The number of nitrogens with one attached hydrogen (secondary N) is 1. The number of benzene rings is 2. The molecule has 0 spiro atoms. The van der Waals surface area contributed by atoms with Gasteiger partial charge in [-0.2, -0.15) is 0 Å². The van der Waals surface area contributed by atoms with Crippen molar-refractivity contribution in [2.24, 2.45) is 0 Å². The first kappa shape index (κ1) is 15.2. The molecule has 3 nitrogen and oxygen atoms in total. The Balaban J connectivity index is 2.18. The van der Waals surface area contributed by atoms with Crippen molar-refractivity contribution >= 4 is 26.0 Å². The molecule has 0 heterocycles. The van der Waals surface area contributed by atoms with E-state index in [-0.39, 0.29) is 10.9 Å². The summed E-state index contributed by atoms with van der Waals surface area (Å²) in [6.07, 6.45) is 0. The fraction of sp³-hybridized carbons (Fsp3) is 0.200. The molecule has 2 aromatic carbocycles. The van der Waals surface area contributed by atoms with E-state index < -0.39 is 10.0 Å². The number of halogens is 1. The van der Waals surface area contributed by atoms with Gasteiger partial charge in [0.1, 0.15) is 0 Å². The fourth-order valence-corrected chi connectivity index (χ4v) is 3.47. The number of hydrogen-bond donors (Lipinski definition) is 1. The van der Waals surface area contributed by atoms with Gasteiger partial charge in [0.15, 0.2) is 0 Å². The Bertz CT molecular complexity index is 654. The zero-order valence-electron chi connectivity index (χ0n) is 11.1. The normalized spacial score (nSPS) is 13.1. The van der Waals surface area contributed by atoms with Gasteiger partial charge in [-0.15, -0.1) is 0 Å². The second kappa shape index (κ2) is 6.52. The Hall–Kier alpha value is -1.17. The van der Waals surface area contributed by atoms with Crippen LogP contribution in [0.2, 0.25) is 0 Å². The summed E-state index contributed by atoms with van der Waals surface area (Å²) in [4.78, 5) is 0.282. The van der Waals surface area contributed by atoms with Crippen LogP contribution in [0.15, 0.2) is 59.5 Å². The third-order valence-electron chi connectivity index (χ3n) is 3.02. The number of hydrogen-bond acceptors (Lipinski definition) is 2. The average molecular weight is 354 g/mol. The topological polar surface area (TPSA) is 46.2 Å². The lowest BCUT2D eigenvalue weighted by Crippen LogP contribution is -2.26. The number of sulfonamides is 1. The number of rotatable bonds is 5. The smallest absolute Gasteiger partial charge is 0.207 e. The lowest BCUT2D eigenvalue weighted by molar-refractivity contribution is 0.567. The van der Waals surface area contributed by atoms with Crippen LogP contribution in [-0.2, 0) is 15.4 Å². The first-order valence-corrected chi connectivity index (χ1v) is 8.85. The first-order valence-electron chi connectivity index (χ1n) is 6.25. The quantitative estimate of drug-likeness (QED) is 0.834. The van der Waals surface area contributed by atoms with Crippen molar-refractivity contribution in [3.63, 3.8) is 0 Å². The molecule has 0 radical (unpaired) electrons. The molecule has 106 valence electrons. The van der Waals surface area contributed by atoms with Crippen LogP contribution in [0, 0.1) is 0 Å². The summed E-state index contributed by atoms with van der Waals surface area (Å²) in [5.41, 5.74) is 1.98. The highest BCUT2D eigenvalue weighted by Crippen LogP contribution is 2.17. The Morgan fingerprint density at radius 1 is 1.05 bits per heavy atom. The van der Waals surface area contributed by atoms with Crippen LogP contribution in [0.4, 0.5) is 0 Å². The molecule has 1 N–H and O–H groups in total. The van der Waals surface area contributed by atoms with Crippen molar-refractivity contribution in [1.82, 2.24) is 4.72 Å². The fourth-order valence-electron chi connectivity index (χ4n) is 1.87. The van der Waals surface area contributed by atoms with E-state index in [4.69, 9.17) is 0 Å². The maximum atomic E-state index is 12.3. The Morgan fingerprint density at radius 2 is 1.65 bits per heavy atom. The minimum absolute atomic E-state index is 0.267. The highest BCUT2D eigenvalue weighted by Gasteiger charge is 2.17. The van der Waals surface area contributed by atoms with Gasteiger partial charge in [-0.1, -0.05) is 58.4 Å². The van der Waals surface area contributed by atoms with Gasteiger partial charge in [0.25, 0.3) is 0 Å². The third-order valence-corrected chi connectivity index (χ3v) is 5.22. The summed E-state index contributed by atoms with van der Waals surface area (Å²) in [5, 5.41) is 0.709. The first-order chi connectivity index (χ1) is 9.53. The van der Waals surface area contributed by atoms with E-state index in [9.17, 15) is 8.42 Å². The van der Waals surface area contributed by atoms with Gasteiger partial charge in [0.05, 0.1) is 4.90 Å². The van der Waals surface area contributed by atoms with Gasteiger partial charge in [-0.05, 0) is 30.2 Å². The second-order valence-electron chi connectivity index (χ2n) is 4.53. The van der Waals surface area contributed by atoms with Crippen LogP contribution in [0.5, 0.6) is 0 Å². The molecule has 0 aliphatic heterocycles. The van der Waals surface area contributed by atoms with Crippen LogP contribution >= 0.6 is 15.9 Å². The molecule has 0 fully saturated rings. The molecular formula is C15H16BrNO2S. The molecule has 0 saturated carbocycles. The van der Waals surface area contributed by atoms with Crippen molar-refractivity contribution in [3.05, 3.63) is 65.7 Å². The molecule has 1 atom stereocenters. The van der Waals surface area contributed by atoms with Gasteiger partial charge in [0, 0.05) is 11.4 Å². The summed E-state index contributed by atoms with van der Waals surface area (Å²) in [5.74, 6) is 0. The van der Waals surface area contributed by atoms with Crippen LogP contribution in [0.25, 0.3) is 0 Å². The largest absolute Gasteiger partial charge is 0.241 e. The Labute approximate surface area is 128 Å². The third kappa shape index (κ3) is 3.69. The summed E-state index contributed by atoms with van der Waals surface area (Å²) in [6, 6.07) is 16.1. The molecule has 0 bridgehead atoms. The zero-order valence-corrected chi connectivity index (χ0v) is 13.5. The second-order valence-corrected chi connectivity index (χ2v) is 6.81. The Morgan fingerprint density at radius 3 is 2.20 bits per heavy atom. The molecule has 0 aliphatic carbocycles. The molecule has 2 aromatic rings. The predicted octanol–water partition coefficient (Wildman–Crippen LogP) is 3.62. The van der Waals surface area contributed by atoms with E-state index in [2.05, 4.69) is 20.7 Å². The lowest BCUT2D eigenvalue weighted by atomic mass is 10.1. The van der Waals surface area contributed by atoms with E-state index in [1.807, 2.05) is 37.3 Å². The molecule has 0 aromatic heterocycles. The molecular weight excluding hydrogens is 338 g/mol. The average Bonchev–Trinajstić information content (AvgIpc) is 2.48. The summed E-state index contributed by atoms with van der Waals surface area (Å²) < 4.78 is 27.3. The minimum atomic E-state index is -3.50. The van der Waals surface area contributed by atoms with Crippen LogP contribution in [0.1, 0.15) is 24.1 Å². The van der Waals surface area contributed by atoms with Crippen LogP contribution in [-0.4, -0.2) is 8.42 Å². The molecule has 0 aliphatic rings. The van der Waals surface area contributed by atoms with Gasteiger partial charge in [-0.25, -0.2) is 13.1 Å². The SMILES string of the molecule is CC(NS(=O)(=O)c1ccc(CBr)cc1)c1ccccc1. The molecule has 1 unspecified atom stereocenters. The summed E-state index contributed by atoms with van der Waals surface area (Å²) >= 11 is 3.34. The van der Waals surface area contributed by atoms with Crippen molar-refractivity contribution in [2.75, 3.05) is 0 Å². The van der Waals surface area contributed by atoms with Gasteiger partial charge in [0.2, 0.25) is 10.0 Å². The summed E-state index contributed by atoms with van der Waals surface area (Å²) in [7, 11) is -3.50. The molecule has 2 rings (SSSR count). The van der Waals surface area contributed by atoms with Gasteiger partial charge < -0.3 is 0 Å². The minimum Gasteiger partial charge on any atom is -0.207 e. The van der Waals surface area contributed by atoms with Crippen LogP contribution < -0.4 is 4.72 Å².